The number of ketones is 1. The van der Waals surface area contributed by atoms with E-state index in [0.717, 1.165) is 0 Å². The monoisotopic (exact) mass is 909 g/mol. The molecule has 66 heavy (non-hydrogen) atoms. The Labute approximate surface area is 381 Å². The van der Waals surface area contributed by atoms with Gasteiger partial charge in [0.15, 0.2) is 10.8 Å². The molecule has 19 heteroatoms. The molecule has 5 amide bonds. The second kappa shape index (κ2) is 25.8. The zero-order valence-electron chi connectivity index (χ0n) is 36.4. The minimum Gasteiger partial charge on any atom is -0.479 e. The number of imide groups is 2. The second-order valence-corrected chi connectivity index (χ2v) is 15.2. The lowest BCUT2D eigenvalue weighted by molar-refractivity contribution is -0.484. The predicted molar refractivity (Wildman–Crippen MR) is 240 cm³/mol. The van der Waals surface area contributed by atoms with Crippen LogP contribution in [0, 0.1) is 10.1 Å². The van der Waals surface area contributed by atoms with E-state index in [1.165, 1.54) is 54.6 Å². The van der Waals surface area contributed by atoms with Crippen LogP contribution in [0.3, 0.4) is 0 Å². The summed E-state index contributed by atoms with van der Waals surface area (Å²) in [7, 11) is 0. The smallest absolute Gasteiger partial charge is 0.420 e. The van der Waals surface area contributed by atoms with Gasteiger partial charge in [0.1, 0.15) is 24.9 Å². The van der Waals surface area contributed by atoms with E-state index in [0.29, 0.717) is 28.9 Å². The molecule has 0 saturated carbocycles. The lowest BCUT2D eigenvalue weighted by atomic mass is 9.79. The molecular weight excluding hydrogens is 855 g/mol. The number of amides is 5. The Balaban J connectivity index is 1.93. The Bertz CT molecular complexity index is 2200. The Morgan fingerprint density at radius 3 is 1.59 bits per heavy atom. The van der Waals surface area contributed by atoms with Gasteiger partial charge in [-0.2, -0.15) is 0 Å². The van der Waals surface area contributed by atoms with Gasteiger partial charge in [0.05, 0.1) is 12.5 Å². The fraction of sp³-hybridized carbons (Fsp3) is 0.340. The van der Waals surface area contributed by atoms with Crippen LogP contribution >= 0.6 is 0 Å². The molecule has 0 aliphatic rings. The highest BCUT2D eigenvalue weighted by molar-refractivity contribution is 6.18. The Morgan fingerprint density at radius 1 is 0.652 bits per heavy atom. The molecule has 0 aliphatic heterocycles. The van der Waals surface area contributed by atoms with Gasteiger partial charge in [-0.3, -0.25) is 24.1 Å². The van der Waals surface area contributed by atoms with Gasteiger partial charge >= 0.3 is 24.1 Å². The number of hydrazine groups is 1. The van der Waals surface area contributed by atoms with Crippen molar-refractivity contribution in [2.75, 3.05) is 18.1 Å². The molecule has 0 fully saturated rings. The van der Waals surface area contributed by atoms with Crippen LogP contribution in [0.1, 0.15) is 68.1 Å². The van der Waals surface area contributed by atoms with E-state index >= 15 is 4.79 Å². The van der Waals surface area contributed by atoms with Crippen molar-refractivity contribution in [2.24, 2.45) is 17.2 Å². The molecule has 3 atom stereocenters. The van der Waals surface area contributed by atoms with Crippen molar-refractivity contribution >= 4 is 47.3 Å². The highest BCUT2D eigenvalue weighted by Gasteiger charge is 2.59. The number of benzene rings is 4. The highest BCUT2D eigenvalue weighted by atomic mass is 16.7. The van der Waals surface area contributed by atoms with Crippen LogP contribution in [0.5, 0.6) is 0 Å². The number of anilines is 1. The summed E-state index contributed by atoms with van der Waals surface area (Å²) in [5.41, 5.74) is 15.3. The highest BCUT2D eigenvalue weighted by Crippen LogP contribution is 2.32. The Morgan fingerprint density at radius 2 is 1.12 bits per heavy atom. The van der Waals surface area contributed by atoms with Crippen molar-refractivity contribution in [1.82, 2.24) is 9.80 Å². The third-order valence-electron chi connectivity index (χ3n) is 10.5. The molecule has 0 saturated heterocycles. The summed E-state index contributed by atoms with van der Waals surface area (Å²) in [6.07, 6.45) is -4.83. The summed E-state index contributed by atoms with van der Waals surface area (Å²) in [5.74, 6) is -7.59. The number of hydrogen-bond donors (Lipinski definition) is 4. The fourth-order valence-electron chi connectivity index (χ4n) is 7.16. The van der Waals surface area contributed by atoms with Gasteiger partial charge in [-0.05, 0) is 79.0 Å². The molecule has 0 heterocycles. The van der Waals surface area contributed by atoms with Gasteiger partial charge in [-0.25, -0.2) is 29.4 Å². The van der Waals surface area contributed by atoms with Gasteiger partial charge in [0, 0.05) is 12.8 Å². The van der Waals surface area contributed by atoms with Gasteiger partial charge in [-0.15, -0.1) is 0 Å². The first kappa shape index (κ1) is 51.3. The zero-order chi connectivity index (χ0) is 48.1. The third-order valence-corrected chi connectivity index (χ3v) is 10.5. The van der Waals surface area contributed by atoms with Crippen molar-refractivity contribution < 1.29 is 53.2 Å². The Kier molecular flexibility index (Phi) is 20.1. The van der Waals surface area contributed by atoms with Crippen LogP contribution in [0.4, 0.5) is 15.3 Å². The van der Waals surface area contributed by atoms with Gasteiger partial charge < -0.3 is 31.8 Å². The number of rotatable bonds is 25. The van der Waals surface area contributed by atoms with E-state index in [-0.39, 0.29) is 53.5 Å². The number of nitrogens with two attached hydrogens (primary N) is 3. The number of carboxylic acids is 1. The predicted octanol–water partition coefficient (Wildman–Crippen LogP) is 4.91. The number of Topliss-reactive ketones (excluding diaryl/α,β-unsaturated/α-hetero) is 1. The molecule has 1 unspecified atom stereocenters. The molecule has 0 radical (unpaired) electrons. The first-order chi connectivity index (χ1) is 31.8. The van der Waals surface area contributed by atoms with Crippen molar-refractivity contribution in [1.29, 1.82) is 0 Å². The minimum absolute atomic E-state index is 0.0128. The maximum absolute atomic E-state index is 15.8. The van der Waals surface area contributed by atoms with E-state index in [4.69, 9.17) is 26.7 Å². The number of carbonyl (C=O) groups excluding carboxylic acids is 6. The first-order valence-corrected chi connectivity index (χ1v) is 21.3. The molecule has 7 N–H and O–H groups in total. The van der Waals surface area contributed by atoms with E-state index in [2.05, 4.69) is 0 Å². The number of aliphatic carboxylic acids is 1. The summed E-state index contributed by atoms with van der Waals surface area (Å²) >= 11 is 0. The van der Waals surface area contributed by atoms with Crippen molar-refractivity contribution in [3.05, 3.63) is 148 Å². The average molecular weight is 910 g/mol. The molecule has 4 aromatic rings. The summed E-state index contributed by atoms with van der Waals surface area (Å²) in [6.45, 7) is -0.480. The van der Waals surface area contributed by atoms with Crippen molar-refractivity contribution in [3.63, 3.8) is 0 Å². The number of nitro groups is 1. The van der Waals surface area contributed by atoms with Crippen molar-refractivity contribution in [3.8, 4) is 0 Å². The van der Waals surface area contributed by atoms with Crippen LogP contribution < -0.4 is 22.2 Å². The van der Waals surface area contributed by atoms with Crippen LogP contribution in [-0.2, 0) is 53.1 Å². The van der Waals surface area contributed by atoms with E-state index < -0.39 is 103 Å². The first-order valence-electron chi connectivity index (χ1n) is 21.3. The summed E-state index contributed by atoms with van der Waals surface area (Å²) in [6, 6.07) is 26.9. The Hall–Kier alpha value is -7.35. The largest absolute Gasteiger partial charge is 0.479 e. The van der Waals surface area contributed by atoms with E-state index in [1.807, 2.05) is 0 Å². The molecule has 19 nitrogen and oxygen atoms in total. The fourth-order valence-corrected chi connectivity index (χ4v) is 7.16. The topological polar surface area (TPSA) is 289 Å². The number of ether oxygens (including phenoxy) is 2. The molecule has 0 bridgehead atoms. The zero-order valence-corrected chi connectivity index (χ0v) is 36.4. The quantitative estimate of drug-likeness (QED) is 0.0297. The minimum atomic E-state index is -3.28. The van der Waals surface area contributed by atoms with Gasteiger partial charge in [0.25, 0.3) is 0 Å². The second-order valence-electron chi connectivity index (χ2n) is 15.2. The maximum Gasteiger partial charge on any atom is 0.420 e. The molecule has 0 spiro atoms. The van der Waals surface area contributed by atoms with E-state index in [9.17, 15) is 44.0 Å². The molecule has 0 aromatic heterocycles. The summed E-state index contributed by atoms with van der Waals surface area (Å²) < 4.78 is 11.1. The number of carboxylic acid groups (broad SMARTS) is 1. The van der Waals surface area contributed by atoms with Gasteiger partial charge in [0.2, 0.25) is 17.4 Å². The third kappa shape index (κ3) is 13.8. The standard InChI is InChI=1S/C47H55N7O12/c48-28-16-5-14-27-40(55)52(41(56)30-38(50)43(58)53(54(63)64)37-24-12-4-13-25-37)47(44(59)60,31-34-18-6-1-7-19-34)42(57)39(26-15-17-29-49)51(45(61)65-32-35-20-8-2-9-21-35)46(62)66-33-36-22-10-3-11-23-36/h1-4,6-13,18-25,38-39H,5,14-17,26-33,48-50H2,(H,59,60)/t38?,39-,47+/m0/s1. The average Bonchev–Trinajstić information content (AvgIpc) is 3.31. The molecule has 0 aliphatic carbocycles. The number of nitrogens with zero attached hydrogens (tertiary/aromatic N) is 4. The van der Waals surface area contributed by atoms with Crippen LogP contribution in [0.15, 0.2) is 121 Å². The number of unbranched alkanes of at least 4 members (excludes halogenated alkanes) is 3. The summed E-state index contributed by atoms with van der Waals surface area (Å²) in [5, 5.41) is 22.7. The SMILES string of the molecule is NCCCCCC(=O)N(C(=O)CC(N)C(=O)N(c1ccccc1)[N+](=O)[O-])[C@@](Cc1ccccc1)(C(=O)O)C(=O)[C@H](CCCCN)N(C(=O)OCc1ccccc1)C(=O)OCc1ccccc1. The number of para-hydroxylation sites is 1. The normalized spacial score (nSPS) is 12.7. The summed E-state index contributed by atoms with van der Waals surface area (Å²) in [4.78, 5) is 115. The molecular formula is C47H55N7O12. The lowest BCUT2D eigenvalue weighted by Crippen LogP contribution is -2.70. The number of hydrogen-bond acceptors (Lipinski definition) is 14. The van der Waals surface area contributed by atoms with Gasteiger partial charge in [-0.1, -0.05) is 116 Å². The maximum atomic E-state index is 15.8. The van der Waals surface area contributed by atoms with Crippen molar-refractivity contribution in [2.45, 2.75) is 88.6 Å². The van der Waals surface area contributed by atoms with E-state index in [1.54, 1.807) is 66.7 Å². The van der Waals surface area contributed by atoms with Crippen LogP contribution in [-0.4, -0.2) is 92.3 Å². The molecule has 350 valence electrons. The number of carbonyl (C=O) groups is 7. The van der Waals surface area contributed by atoms with Crippen LogP contribution in [0.2, 0.25) is 0 Å². The molecule has 4 aromatic carbocycles. The van der Waals surface area contributed by atoms with Crippen LogP contribution in [0.25, 0.3) is 0 Å². The lowest BCUT2D eigenvalue weighted by Gasteiger charge is -2.42. The molecule has 4 rings (SSSR count).